The van der Waals surface area contributed by atoms with Gasteiger partial charge in [0.15, 0.2) is 0 Å². The van der Waals surface area contributed by atoms with Crippen LogP contribution in [0.2, 0.25) is 0 Å². The molecule has 5 nitrogen and oxygen atoms in total. The Kier molecular flexibility index (Phi) is 4.96. The number of hydrogen-bond donors (Lipinski definition) is 1. The molecule has 1 heterocycles. The quantitative estimate of drug-likeness (QED) is 0.518. The van der Waals surface area contributed by atoms with Crippen molar-refractivity contribution in [2.24, 2.45) is 7.05 Å². The zero-order chi connectivity index (χ0) is 10.2. The molecule has 0 aliphatic carbocycles. The minimum Gasteiger partial charge on any atom is -0.543 e. The number of carbonyl (C=O) groups is 1. The predicted molar refractivity (Wildman–Crippen MR) is 42.8 cm³/mol. The molecule has 1 aromatic heterocycles. The number of carboxylic acid groups (broad SMARTS) is 1. The van der Waals surface area contributed by atoms with Gasteiger partial charge >= 0.3 is 51.4 Å². The van der Waals surface area contributed by atoms with Gasteiger partial charge in [0.05, 0.1) is 11.7 Å². The van der Waals surface area contributed by atoms with Gasteiger partial charge in [0.25, 0.3) is 0 Å². The second-order valence-electron chi connectivity index (χ2n) is 3.38. The van der Waals surface area contributed by atoms with Crippen molar-refractivity contribution in [1.82, 2.24) is 9.78 Å². The Labute approximate surface area is 125 Å². The van der Waals surface area contributed by atoms with Crippen molar-refractivity contribution in [1.29, 1.82) is 0 Å². The summed E-state index contributed by atoms with van der Waals surface area (Å²) >= 11 is 0. The third-order valence-electron chi connectivity index (χ3n) is 1.72. The Hall–Kier alpha value is 0.276. The van der Waals surface area contributed by atoms with Gasteiger partial charge in [0, 0.05) is 7.05 Å². The molecule has 0 atom stereocenters. The molecule has 0 aliphatic heterocycles. The van der Waals surface area contributed by atoms with Crippen molar-refractivity contribution < 1.29 is 66.4 Å². The topological polar surface area (TPSA) is 78.2 Å². The molecule has 6 heteroatoms. The summed E-state index contributed by atoms with van der Waals surface area (Å²) in [5.74, 6) is -1.34. The van der Waals surface area contributed by atoms with Gasteiger partial charge in [-0.3, -0.25) is 4.68 Å². The average Bonchev–Trinajstić information content (AvgIpc) is 2.29. The van der Waals surface area contributed by atoms with Crippen LogP contribution in [-0.4, -0.2) is 20.9 Å². The Morgan fingerprint density at radius 1 is 1.64 bits per heavy atom. The SMILES string of the molecule is Cn1nc(C(=O)[O-])cc1C(C)(C)O.[K+]. The van der Waals surface area contributed by atoms with E-state index in [-0.39, 0.29) is 57.1 Å². The summed E-state index contributed by atoms with van der Waals surface area (Å²) in [5.41, 5.74) is -0.832. The first-order valence-electron chi connectivity index (χ1n) is 3.80. The fourth-order valence-electron chi connectivity index (χ4n) is 1.14. The van der Waals surface area contributed by atoms with Gasteiger partial charge in [-0.05, 0) is 19.9 Å². The van der Waals surface area contributed by atoms with Crippen molar-refractivity contribution in [3.8, 4) is 0 Å². The van der Waals surface area contributed by atoms with Gasteiger partial charge < -0.3 is 15.0 Å². The Morgan fingerprint density at radius 3 is 2.36 bits per heavy atom. The van der Waals surface area contributed by atoms with E-state index in [1.54, 1.807) is 20.9 Å². The fourth-order valence-corrected chi connectivity index (χ4v) is 1.14. The van der Waals surface area contributed by atoms with E-state index in [1.165, 1.54) is 10.7 Å². The number of nitrogens with zero attached hydrogens (tertiary/aromatic N) is 2. The minimum absolute atomic E-state index is 0. The van der Waals surface area contributed by atoms with Gasteiger partial charge in [-0.2, -0.15) is 5.10 Å². The van der Waals surface area contributed by atoms with E-state index < -0.39 is 11.6 Å². The number of carboxylic acids is 1. The molecule has 1 aromatic rings. The molecule has 1 rings (SSSR count). The molecule has 0 saturated carbocycles. The first-order valence-corrected chi connectivity index (χ1v) is 3.80. The molecule has 0 fully saturated rings. The van der Waals surface area contributed by atoms with Crippen LogP contribution in [-0.2, 0) is 12.6 Å². The standard InChI is InChI=1S/C8H12N2O3.K/c1-8(2,13)6-4-5(7(11)12)9-10(6)3;/h4,13H,1-3H3,(H,11,12);/q;+1/p-1. The molecule has 0 bridgehead atoms. The summed E-state index contributed by atoms with van der Waals surface area (Å²) in [6.45, 7) is 3.12. The molecule has 0 aromatic carbocycles. The first kappa shape index (κ1) is 14.3. The number of aryl methyl sites for hydroxylation is 1. The zero-order valence-electron chi connectivity index (χ0n) is 8.74. The molecule has 0 spiro atoms. The summed E-state index contributed by atoms with van der Waals surface area (Å²) < 4.78 is 1.32. The van der Waals surface area contributed by atoms with E-state index in [2.05, 4.69) is 5.10 Å². The maximum atomic E-state index is 10.4. The number of hydrogen-bond acceptors (Lipinski definition) is 4. The maximum Gasteiger partial charge on any atom is 1.00 e. The summed E-state index contributed by atoms with van der Waals surface area (Å²) in [5, 5.41) is 23.7. The Morgan fingerprint density at radius 2 is 2.14 bits per heavy atom. The van der Waals surface area contributed by atoms with Crippen molar-refractivity contribution >= 4 is 5.97 Å². The predicted octanol–water partition coefficient (Wildman–Crippen LogP) is -3.98. The van der Waals surface area contributed by atoms with Crippen molar-refractivity contribution in [2.45, 2.75) is 19.4 Å². The molecule has 0 aliphatic rings. The van der Waals surface area contributed by atoms with Crippen LogP contribution < -0.4 is 56.5 Å². The molecular formula is C8H11KN2O3. The zero-order valence-corrected chi connectivity index (χ0v) is 11.9. The van der Waals surface area contributed by atoms with E-state index in [4.69, 9.17) is 0 Å². The van der Waals surface area contributed by atoms with Crippen LogP contribution in [0, 0.1) is 0 Å². The second-order valence-corrected chi connectivity index (χ2v) is 3.38. The largest absolute Gasteiger partial charge is 1.00 e. The van der Waals surface area contributed by atoms with E-state index in [0.29, 0.717) is 5.69 Å². The molecule has 14 heavy (non-hydrogen) atoms. The average molecular weight is 222 g/mol. The van der Waals surface area contributed by atoms with Crippen molar-refractivity contribution in [2.75, 3.05) is 0 Å². The molecular weight excluding hydrogens is 211 g/mol. The van der Waals surface area contributed by atoms with E-state index in [1.807, 2.05) is 0 Å². The van der Waals surface area contributed by atoms with Crippen molar-refractivity contribution in [3.05, 3.63) is 17.5 Å². The molecule has 0 unspecified atom stereocenters. The van der Waals surface area contributed by atoms with Gasteiger partial charge in [0.2, 0.25) is 0 Å². The number of aliphatic hydroxyl groups is 1. The third kappa shape index (κ3) is 3.15. The van der Waals surface area contributed by atoms with Gasteiger partial charge in [-0.25, -0.2) is 0 Å². The van der Waals surface area contributed by atoms with E-state index in [9.17, 15) is 15.0 Å². The maximum absolute atomic E-state index is 10.4. The summed E-state index contributed by atoms with van der Waals surface area (Å²) in [6.07, 6.45) is 0. The smallest absolute Gasteiger partial charge is 0.543 e. The number of carbonyl (C=O) groups excluding carboxylic acids is 1. The van der Waals surface area contributed by atoms with Crippen LogP contribution >= 0.6 is 0 Å². The normalized spacial score (nSPS) is 10.9. The number of aromatic carboxylic acids is 1. The van der Waals surface area contributed by atoms with Gasteiger partial charge in [-0.1, -0.05) is 0 Å². The van der Waals surface area contributed by atoms with Crippen LogP contribution in [0.25, 0.3) is 0 Å². The number of aromatic nitrogens is 2. The van der Waals surface area contributed by atoms with Crippen LogP contribution in [0.4, 0.5) is 0 Å². The van der Waals surface area contributed by atoms with Gasteiger partial charge in [-0.15, -0.1) is 0 Å². The Balaban J connectivity index is 0.00000169. The van der Waals surface area contributed by atoms with Crippen LogP contribution in [0.5, 0.6) is 0 Å². The molecule has 0 amide bonds. The second kappa shape index (κ2) is 4.87. The minimum atomic E-state index is -1.34. The summed E-state index contributed by atoms with van der Waals surface area (Å²) in [4.78, 5) is 10.4. The van der Waals surface area contributed by atoms with E-state index in [0.717, 1.165) is 0 Å². The molecule has 1 N–H and O–H groups in total. The Bertz CT molecular complexity index is 341. The van der Waals surface area contributed by atoms with Gasteiger partial charge in [0.1, 0.15) is 11.3 Å². The monoisotopic (exact) mass is 222 g/mol. The van der Waals surface area contributed by atoms with Crippen LogP contribution in [0.15, 0.2) is 6.07 Å². The molecule has 0 radical (unpaired) electrons. The number of rotatable bonds is 2. The molecule has 0 saturated heterocycles. The first-order chi connectivity index (χ1) is 5.82. The summed E-state index contributed by atoms with van der Waals surface area (Å²) in [7, 11) is 1.57. The van der Waals surface area contributed by atoms with Crippen molar-refractivity contribution in [3.63, 3.8) is 0 Å². The fraction of sp³-hybridized carbons (Fsp3) is 0.500. The third-order valence-corrected chi connectivity index (χ3v) is 1.72. The molecule has 72 valence electrons. The summed E-state index contributed by atoms with van der Waals surface area (Å²) in [6, 6.07) is 1.30. The van der Waals surface area contributed by atoms with Crippen LogP contribution in [0.1, 0.15) is 30.0 Å². The van der Waals surface area contributed by atoms with Crippen LogP contribution in [0.3, 0.4) is 0 Å². The van der Waals surface area contributed by atoms with E-state index >= 15 is 0 Å².